The maximum atomic E-state index is 6.22. The highest BCUT2D eigenvalue weighted by Gasteiger charge is 2.56. The number of hydrogen-bond acceptors (Lipinski definition) is 3. The summed E-state index contributed by atoms with van der Waals surface area (Å²) in [5.41, 5.74) is 6.38. The Bertz CT molecular complexity index is 1110. The minimum Gasteiger partial charge on any atom is -0.362 e. The summed E-state index contributed by atoms with van der Waals surface area (Å²) in [6.07, 6.45) is 0. The van der Waals surface area contributed by atoms with Crippen LogP contribution in [-0.4, -0.2) is 21.6 Å². The van der Waals surface area contributed by atoms with Crippen molar-refractivity contribution >= 4 is 11.0 Å². The van der Waals surface area contributed by atoms with Crippen LogP contribution in [0.25, 0.3) is 11.0 Å². The highest BCUT2D eigenvalue weighted by Crippen LogP contribution is 2.52. The molecule has 0 saturated carbocycles. The average Bonchev–Trinajstić information content (AvgIpc) is 3.38. The molecule has 0 aliphatic carbocycles. The quantitative estimate of drug-likeness (QED) is 0.504. The van der Waals surface area contributed by atoms with Crippen LogP contribution in [0.1, 0.15) is 28.3 Å². The van der Waals surface area contributed by atoms with Gasteiger partial charge in [-0.2, -0.15) is 0 Å². The molecule has 3 aromatic carbocycles. The first-order valence-corrected chi connectivity index (χ1v) is 9.26. The molecule has 4 heteroatoms. The van der Waals surface area contributed by atoms with E-state index in [9.17, 15) is 0 Å². The van der Waals surface area contributed by atoms with Crippen molar-refractivity contribution in [3.63, 3.8) is 0 Å². The van der Waals surface area contributed by atoms with E-state index < -0.39 is 5.60 Å². The average molecular weight is 355 g/mol. The Morgan fingerprint density at radius 1 is 0.963 bits per heavy atom. The molecule has 0 N–H and O–H groups in total. The number of aromatic nitrogens is 3. The van der Waals surface area contributed by atoms with Gasteiger partial charge in [0.25, 0.3) is 0 Å². The number of benzene rings is 3. The first-order valence-electron chi connectivity index (χ1n) is 9.26. The van der Waals surface area contributed by atoms with E-state index in [0.29, 0.717) is 6.61 Å². The van der Waals surface area contributed by atoms with Gasteiger partial charge in [-0.3, -0.25) is 0 Å². The Labute approximate surface area is 158 Å². The highest BCUT2D eigenvalue weighted by atomic mass is 16.6. The van der Waals surface area contributed by atoms with Gasteiger partial charge >= 0.3 is 0 Å². The van der Waals surface area contributed by atoms with Crippen molar-refractivity contribution in [3.8, 4) is 0 Å². The first kappa shape index (κ1) is 16.2. The second-order valence-corrected chi connectivity index (χ2v) is 7.33. The first-order chi connectivity index (χ1) is 13.2. The van der Waals surface area contributed by atoms with E-state index in [1.807, 2.05) is 28.9 Å². The summed E-state index contributed by atoms with van der Waals surface area (Å²) in [7, 11) is 0. The zero-order chi connectivity index (χ0) is 18.4. The number of ether oxygens (including phenoxy) is 1. The summed E-state index contributed by atoms with van der Waals surface area (Å²) < 4.78 is 8.25. The molecule has 0 bridgehead atoms. The van der Waals surface area contributed by atoms with Crippen LogP contribution in [0, 0.1) is 13.8 Å². The van der Waals surface area contributed by atoms with Crippen LogP contribution < -0.4 is 0 Å². The lowest BCUT2D eigenvalue weighted by Gasteiger charge is -2.27. The van der Waals surface area contributed by atoms with Crippen molar-refractivity contribution < 1.29 is 4.74 Å². The fourth-order valence-electron chi connectivity index (χ4n) is 4.05. The molecule has 0 unspecified atom stereocenters. The molecular weight excluding hydrogens is 334 g/mol. The van der Waals surface area contributed by atoms with E-state index >= 15 is 0 Å². The van der Waals surface area contributed by atoms with Crippen molar-refractivity contribution in [1.29, 1.82) is 0 Å². The molecule has 0 radical (unpaired) electrons. The standard InChI is InChI=1S/C23H21N3O/c1-16-12-13-17(2)19(14-16)23(15-27-23)22(18-8-4-3-5-9-18)26-21-11-7-6-10-20(21)24-25-26/h3-14,22H,15H2,1-2H3/t22-,23-/m1/s1. The molecule has 1 fully saturated rings. The Morgan fingerprint density at radius 3 is 2.48 bits per heavy atom. The fourth-order valence-corrected chi connectivity index (χ4v) is 4.05. The molecule has 0 spiro atoms. The van der Waals surface area contributed by atoms with Gasteiger partial charge in [0, 0.05) is 0 Å². The molecule has 1 aromatic heterocycles. The van der Waals surface area contributed by atoms with E-state index in [1.54, 1.807) is 0 Å². The Balaban J connectivity index is 1.76. The molecule has 0 amide bonds. The lowest BCUT2D eigenvalue weighted by Crippen LogP contribution is -2.28. The molecule has 1 aliphatic heterocycles. The number of rotatable bonds is 4. The second-order valence-electron chi connectivity index (χ2n) is 7.33. The van der Waals surface area contributed by atoms with Crippen molar-refractivity contribution in [2.45, 2.75) is 25.5 Å². The van der Waals surface area contributed by atoms with Gasteiger partial charge in [-0.25, -0.2) is 4.68 Å². The van der Waals surface area contributed by atoms with Gasteiger partial charge in [0.15, 0.2) is 0 Å². The smallest absolute Gasteiger partial charge is 0.143 e. The lowest BCUT2D eigenvalue weighted by atomic mass is 9.84. The lowest BCUT2D eigenvalue weighted by molar-refractivity contribution is 0.234. The molecule has 1 saturated heterocycles. The molecule has 1 aliphatic rings. The predicted molar refractivity (Wildman–Crippen MR) is 106 cm³/mol. The normalized spacial score (nSPS) is 19.9. The van der Waals surface area contributed by atoms with Crippen LogP contribution in [0.4, 0.5) is 0 Å². The van der Waals surface area contributed by atoms with Gasteiger partial charge in [-0.1, -0.05) is 71.4 Å². The van der Waals surface area contributed by atoms with Crippen LogP contribution in [0.2, 0.25) is 0 Å². The largest absolute Gasteiger partial charge is 0.362 e. The molecule has 2 heterocycles. The zero-order valence-electron chi connectivity index (χ0n) is 15.5. The predicted octanol–water partition coefficient (Wildman–Crippen LogP) is 4.56. The van der Waals surface area contributed by atoms with Crippen LogP contribution in [-0.2, 0) is 10.3 Å². The molecule has 2 atom stereocenters. The van der Waals surface area contributed by atoms with Gasteiger partial charge in [0.05, 0.1) is 12.1 Å². The maximum absolute atomic E-state index is 6.22. The second kappa shape index (κ2) is 6.03. The van der Waals surface area contributed by atoms with Gasteiger partial charge in [0.1, 0.15) is 17.2 Å². The van der Waals surface area contributed by atoms with Crippen LogP contribution in [0.3, 0.4) is 0 Å². The van der Waals surface area contributed by atoms with Gasteiger partial charge in [-0.05, 0) is 42.7 Å². The van der Waals surface area contributed by atoms with Crippen LogP contribution in [0.5, 0.6) is 0 Å². The molecule has 4 nitrogen and oxygen atoms in total. The van der Waals surface area contributed by atoms with E-state index in [0.717, 1.165) is 11.0 Å². The molecule has 5 rings (SSSR count). The van der Waals surface area contributed by atoms with Crippen molar-refractivity contribution in [2.75, 3.05) is 6.61 Å². The van der Waals surface area contributed by atoms with E-state index in [1.165, 1.54) is 22.3 Å². The van der Waals surface area contributed by atoms with Crippen molar-refractivity contribution in [2.24, 2.45) is 0 Å². The third kappa shape index (κ3) is 2.56. The minimum atomic E-state index is -0.423. The highest BCUT2D eigenvalue weighted by molar-refractivity contribution is 5.74. The summed E-state index contributed by atoms with van der Waals surface area (Å²) in [5.74, 6) is 0. The van der Waals surface area contributed by atoms with E-state index in [-0.39, 0.29) is 6.04 Å². The number of epoxide rings is 1. The number of aryl methyl sites for hydroxylation is 2. The summed E-state index contributed by atoms with van der Waals surface area (Å²) in [4.78, 5) is 0. The maximum Gasteiger partial charge on any atom is 0.143 e. The summed E-state index contributed by atoms with van der Waals surface area (Å²) >= 11 is 0. The van der Waals surface area contributed by atoms with Crippen molar-refractivity contribution in [3.05, 3.63) is 95.1 Å². The monoisotopic (exact) mass is 355 g/mol. The van der Waals surface area contributed by atoms with E-state index in [2.05, 4.69) is 72.7 Å². The minimum absolute atomic E-state index is 0.0772. The number of para-hydroxylation sites is 1. The van der Waals surface area contributed by atoms with Crippen molar-refractivity contribution in [1.82, 2.24) is 15.0 Å². The van der Waals surface area contributed by atoms with Gasteiger partial charge in [0.2, 0.25) is 0 Å². The molecule has 134 valence electrons. The van der Waals surface area contributed by atoms with Gasteiger partial charge in [-0.15, -0.1) is 5.10 Å². The molecule has 4 aromatic rings. The SMILES string of the molecule is Cc1ccc(C)c([C@@]2([C@@H](c3ccccc3)n3nnc4ccccc43)CO2)c1. The molecular formula is C23H21N3O. The topological polar surface area (TPSA) is 43.2 Å². The Kier molecular flexibility index (Phi) is 3.62. The Morgan fingerprint density at radius 2 is 1.70 bits per heavy atom. The van der Waals surface area contributed by atoms with E-state index in [4.69, 9.17) is 4.74 Å². The summed E-state index contributed by atoms with van der Waals surface area (Å²) in [6, 6.07) is 25.1. The van der Waals surface area contributed by atoms with Crippen LogP contribution in [0.15, 0.2) is 72.8 Å². The fraction of sp³-hybridized carbons (Fsp3) is 0.217. The summed E-state index contributed by atoms with van der Waals surface area (Å²) in [6.45, 7) is 4.95. The van der Waals surface area contributed by atoms with Crippen LogP contribution >= 0.6 is 0 Å². The summed E-state index contributed by atoms with van der Waals surface area (Å²) in [5, 5.41) is 8.94. The third-order valence-electron chi connectivity index (χ3n) is 5.48. The van der Waals surface area contributed by atoms with Gasteiger partial charge < -0.3 is 4.74 Å². The third-order valence-corrected chi connectivity index (χ3v) is 5.48. The number of fused-ring (bicyclic) bond motifs is 1. The zero-order valence-corrected chi connectivity index (χ0v) is 15.5. The Hall–Kier alpha value is -2.98. The molecule has 27 heavy (non-hydrogen) atoms. The number of nitrogens with zero attached hydrogens (tertiary/aromatic N) is 3. The number of hydrogen-bond donors (Lipinski definition) is 0.